The summed E-state index contributed by atoms with van der Waals surface area (Å²) in [7, 11) is 0. The van der Waals surface area contributed by atoms with Crippen molar-refractivity contribution >= 4 is 5.97 Å². The third-order valence-electron chi connectivity index (χ3n) is 4.02. The van der Waals surface area contributed by atoms with E-state index in [1.807, 2.05) is 36.5 Å². The van der Waals surface area contributed by atoms with Crippen LogP contribution in [0.3, 0.4) is 0 Å². The highest BCUT2D eigenvalue weighted by Crippen LogP contribution is 2.22. The van der Waals surface area contributed by atoms with Crippen molar-refractivity contribution in [3.63, 3.8) is 0 Å². The van der Waals surface area contributed by atoms with Crippen molar-refractivity contribution in [3.05, 3.63) is 59.9 Å². The minimum absolute atomic E-state index is 0.330. The molecule has 0 aliphatic heterocycles. The molecule has 1 atom stereocenters. The van der Waals surface area contributed by atoms with Gasteiger partial charge in [-0.25, -0.2) is 4.79 Å². The third kappa shape index (κ3) is 5.35. The molecule has 2 rings (SSSR count). The number of hydrogen-bond acceptors (Lipinski definition) is 4. The van der Waals surface area contributed by atoms with Crippen molar-refractivity contribution in [2.75, 3.05) is 6.61 Å². The van der Waals surface area contributed by atoms with Gasteiger partial charge >= 0.3 is 5.97 Å². The van der Waals surface area contributed by atoms with Crippen LogP contribution in [-0.4, -0.2) is 33.6 Å². The highest BCUT2D eigenvalue weighted by atomic mass is 16.5. The summed E-state index contributed by atoms with van der Waals surface area (Å²) in [6.45, 7) is 5.50. The van der Waals surface area contributed by atoms with Gasteiger partial charge in [-0.05, 0) is 31.0 Å². The van der Waals surface area contributed by atoms with Crippen molar-refractivity contribution in [2.24, 2.45) is 0 Å². The molecule has 0 spiro atoms. The number of rotatable bonds is 9. The van der Waals surface area contributed by atoms with Gasteiger partial charge in [0.1, 0.15) is 5.75 Å². The van der Waals surface area contributed by atoms with E-state index in [2.05, 4.69) is 29.8 Å². The molecule has 0 saturated heterocycles. The molecule has 1 heterocycles. The molecule has 5 nitrogen and oxygen atoms in total. The maximum absolute atomic E-state index is 10.8. The maximum Gasteiger partial charge on any atom is 0.341 e. The highest BCUT2D eigenvalue weighted by molar-refractivity contribution is 5.68. The van der Waals surface area contributed by atoms with Gasteiger partial charge < -0.3 is 9.84 Å². The monoisotopic (exact) mass is 328 g/mol. The van der Waals surface area contributed by atoms with Crippen molar-refractivity contribution in [2.45, 2.75) is 39.4 Å². The number of carbonyl (C=O) groups is 1. The Kier molecular flexibility index (Phi) is 6.75. The summed E-state index contributed by atoms with van der Waals surface area (Å²) in [5.74, 6) is -0.349. The number of hydrogen-bond donors (Lipinski definition) is 1. The lowest BCUT2D eigenvalue weighted by Gasteiger charge is -2.29. The minimum Gasteiger partial charge on any atom is -0.482 e. The number of pyridine rings is 1. The molecule has 0 amide bonds. The fraction of sp³-hybridized carbons (Fsp3) is 0.368. The molecule has 1 aromatic heterocycles. The second-order valence-electron chi connectivity index (χ2n) is 5.81. The Hall–Kier alpha value is -2.40. The number of ether oxygens (including phenoxy) is 1. The van der Waals surface area contributed by atoms with E-state index in [4.69, 9.17) is 9.84 Å². The molecule has 1 aromatic carbocycles. The number of benzene rings is 1. The largest absolute Gasteiger partial charge is 0.482 e. The zero-order valence-electron chi connectivity index (χ0n) is 14.2. The molecule has 5 heteroatoms. The number of para-hydroxylation sites is 1. The Morgan fingerprint density at radius 2 is 2.04 bits per heavy atom. The van der Waals surface area contributed by atoms with Gasteiger partial charge in [-0.1, -0.05) is 31.2 Å². The average Bonchev–Trinajstić information content (AvgIpc) is 2.60. The second kappa shape index (κ2) is 9.03. The lowest BCUT2D eigenvalue weighted by Crippen LogP contribution is -2.32. The first-order valence-electron chi connectivity index (χ1n) is 8.15. The molecule has 24 heavy (non-hydrogen) atoms. The Bertz CT molecular complexity index is 646. The molecular formula is C19H24N2O3. The van der Waals surface area contributed by atoms with Gasteiger partial charge in [0.15, 0.2) is 6.61 Å². The summed E-state index contributed by atoms with van der Waals surface area (Å²) in [6, 6.07) is 12.0. The van der Waals surface area contributed by atoms with E-state index >= 15 is 0 Å². The Labute approximate surface area is 142 Å². The SMILES string of the molecule is CC[C@H](C)N(Cc1cccnc1)Cc1ccccc1OCC(=O)O. The standard InChI is InChI=1S/C19H24N2O3/c1-3-15(2)21(12-16-7-6-10-20-11-16)13-17-8-4-5-9-18(17)24-14-19(22)23/h4-11,15H,3,12-14H2,1-2H3,(H,22,23)/t15-/m0/s1. The van der Waals surface area contributed by atoms with E-state index in [0.717, 1.165) is 24.1 Å². The lowest BCUT2D eigenvalue weighted by molar-refractivity contribution is -0.139. The van der Waals surface area contributed by atoms with Gasteiger partial charge in [-0.15, -0.1) is 0 Å². The van der Waals surface area contributed by atoms with Gasteiger partial charge in [0, 0.05) is 37.1 Å². The average molecular weight is 328 g/mol. The van der Waals surface area contributed by atoms with Crippen LogP contribution in [0.4, 0.5) is 0 Å². The van der Waals surface area contributed by atoms with Crippen LogP contribution in [0, 0.1) is 0 Å². The summed E-state index contributed by atoms with van der Waals surface area (Å²) < 4.78 is 5.42. The lowest BCUT2D eigenvalue weighted by atomic mass is 10.1. The van der Waals surface area contributed by atoms with Gasteiger partial charge in [-0.2, -0.15) is 0 Å². The number of carboxylic acid groups (broad SMARTS) is 1. The summed E-state index contributed by atoms with van der Waals surface area (Å²) in [6.07, 6.45) is 4.67. The van der Waals surface area contributed by atoms with Crippen LogP contribution in [0.2, 0.25) is 0 Å². The first kappa shape index (κ1) is 17.9. The molecule has 0 radical (unpaired) electrons. The summed E-state index contributed by atoms with van der Waals surface area (Å²) in [4.78, 5) is 17.3. The smallest absolute Gasteiger partial charge is 0.341 e. The minimum atomic E-state index is -0.973. The zero-order valence-corrected chi connectivity index (χ0v) is 14.2. The van der Waals surface area contributed by atoms with Crippen LogP contribution >= 0.6 is 0 Å². The summed E-state index contributed by atoms with van der Waals surface area (Å²) in [5, 5.41) is 8.83. The first-order chi connectivity index (χ1) is 11.6. The van der Waals surface area contributed by atoms with E-state index in [9.17, 15) is 4.79 Å². The predicted octanol–water partition coefficient (Wildman–Crippen LogP) is 3.35. The molecule has 1 N–H and O–H groups in total. The van der Waals surface area contributed by atoms with Crippen LogP contribution in [0.25, 0.3) is 0 Å². The number of aromatic nitrogens is 1. The van der Waals surface area contributed by atoms with Crippen molar-refractivity contribution in [1.82, 2.24) is 9.88 Å². The Morgan fingerprint density at radius 1 is 1.25 bits per heavy atom. The van der Waals surface area contributed by atoms with E-state index in [0.29, 0.717) is 18.3 Å². The maximum atomic E-state index is 10.8. The zero-order chi connectivity index (χ0) is 17.4. The van der Waals surface area contributed by atoms with Gasteiger partial charge in [0.25, 0.3) is 0 Å². The molecule has 0 bridgehead atoms. The summed E-state index contributed by atoms with van der Waals surface area (Å²) in [5.41, 5.74) is 2.14. The fourth-order valence-electron chi connectivity index (χ4n) is 2.49. The number of nitrogens with zero attached hydrogens (tertiary/aromatic N) is 2. The molecular weight excluding hydrogens is 304 g/mol. The quantitative estimate of drug-likeness (QED) is 0.765. The van der Waals surface area contributed by atoms with Crippen LogP contribution < -0.4 is 4.74 Å². The molecule has 128 valence electrons. The Balaban J connectivity index is 2.15. The molecule has 2 aromatic rings. The second-order valence-corrected chi connectivity index (χ2v) is 5.81. The van der Waals surface area contributed by atoms with Crippen molar-refractivity contribution in [1.29, 1.82) is 0 Å². The third-order valence-corrected chi connectivity index (χ3v) is 4.02. The number of carboxylic acids is 1. The molecule has 0 aliphatic carbocycles. The molecule has 0 aliphatic rings. The van der Waals surface area contributed by atoms with E-state index in [1.165, 1.54) is 0 Å². The van der Waals surface area contributed by atoms with E-state index < -0.39 is 5.97 Å². The molecule has 0 unspecified atom stereocenters. The normalized spacial score (nSPS) is 12.1. The first-order valence-corrected chi connectivity index (χ1v) is 8.15. The van der Waals surface area contributed by atoms with Crippen molar-refractivity contribution in [3.8, 4) is 5.75 Å². The van der Waals surface area contributed by atoms with E-state index in [-0.39, 0.29) is 6.61 Å². The predicted molar refractivity (Wildman–Crippen MR) is 92.8 cm³/mol. The van der Waals surface area contributed by atoms with Crippen LogP contribution in [0.15, 0.2) is 48.8 Å². The summed E-state index contributed by atoms with van der Waals surface area (Å²) >= 11 is 0. The topological polar surface area (TPSA) is 62.7 Å². The van der Waals surface area contributed by atoms with Gasteiger partial charge in [0.2, 0.25) is 0 Å². The van der Waals surface area contributed by atoms with Crippen molar-refractivity contribution < 1.29 is 14.6 Å². The molecule has 0 fully saturated rings. The molecule has 0 saturated carbocycles. The van der Waals surface area contributed by atoms with Crippen LogP contribution in [0.1, 0.15) is 31.4 Å². The highest BCUT2D eigenvalue weighted by Gasteiger charge is 2.16. The van der Waals surface area contributed by atoms with Gasteiger partial charge in [-0.3, -0.25) is 9.88 Å². The Morgan fingerprint density at radius 3 is 2.71 bits per heavy atom. The van der Waals surface area contributed by atoms with E-state index in [1.54, 1.807) is 6.20 Å². The van der Waals surface area contributed by atoms with Gasteiger partial charge in [0.05, 0.1) is 0 Å². The fourth-order valence-corrected chi connectivity index (χ4v) is 2.49. The van der Waals surface area contributed by atoms with Crippen LogP contribution in [-0.2, 0) is 17.9 Å². The number of aliphatic carboxylic acids is 1. The van der Waals surface area contributed by atoms with Crippen LogP contribution in [0.5, 0.6) is 5.75 Å².